The van der Waals surface area contributed by atoms with Gasteiger partial charge < -0.3 is 9.47 Å². The lowest BCUT2D eigenvalue weighted by Gasteiger charge is -2.32. The van der Waals surface area contributed by atoms with Gasteiger partial charge in [-0.1, -0.05) is 12.1 Å². The van der Waals surface area contributed by atoms with Gasteiger partial charge in [-0.05, 0) is 43.7 Å². The van der Waals surface area contributed by atoms with E-state index in [-0.39, 0.29) is 17.3 Å². The normalized spacial score (nSPS) is 17.6. The van der Waals surface area contributed by atoms with Crippen LogP contribution in [0.3, 0.4) is 0 Å². The number of nitrogens with zero attached hydrogens (tertiary/aromatic N) is 1. The highest BCUT2D eigenvalue weighted by atomic mass is 19.1. The Bertz CT molecular complexity index is 825. The highest BCUT2D eigenvalue weighted by Gasteiger charge is 2.29. The van der Waals surface area contributed by atoms with E-state index in [9.17, 15) is 13.6 Å². The second kappa shape index (κ2) is 8.48. The first-order valence-corrected chi connectivity index (χ1v) is 8.95. The molecule has 1 aliphatic rings. The molecule has 1 saturated heterocycles. The van der Waals surface area contributed by atoms with Gasteiger partial charge in [0.15, 0.2) is 17.3 Å². The number of rotatable bonds is 6. The maximum Gasteiger partial charge on any atom is 0.170 e. The molecule has 4 nitrogen and oxygen atoms in total. The minimum Gasteiger partial charge on any atom is -0.493 e. The summed E-state index contributed by atoms with van der Waals surface area (Å²) < 4.78 is 38.2. The van der Waals surface area contributed by atoms with Gasteiger partial charge in [0.2, 0.25) is 0 Å². The second-order valence-electron chi connectivity index (χ2n) is 6.72. The minimum absolute atomic E-state index is 0.166. The van der Waals surface area contributed by atoms with Crippen LogP contribution < -0.4 is 9.47 Å². The summed E-state index contributed by atoms with van der Waals surface area (Å²) in [4.78, 5) is 14.9. The Balaban J connectivity index is 1.75. The van der Waals surface area contributed by atoms with Crippen molar-refractivity contribution < 1.29 is 23.0 Å². The number of methoxy groups -OCH3 is 2. The Morgan fingerprint density at radius 2 is 2.00 bits per heavy atom. The quantitative estimate of drug-likeness (QED) is 0.714. The topological polar surface area (TPSA) is 38.8 Å². The lowest BCUT2D eigenvalue weighted by atomic mass is 9.89. The summed E-state index contributed by atoms with van der Waals surface area (Å²) in [6.45, 7) is 1.92. The molecule has 6 heteroatoms. The molecule has 0 bridgehead atoms. The number of carbonyl (C=O) groups is 1. The van der Waals surface area contributed by atoms with Gasteiger partial charge >= 0.3 is 0 Å². The van der Waals surface area contributed by atoms with Crippen LogP contribution in [0.4, 0.5) is 8.78 Å². The number of ketones is 1. The van der Waals surface area contributed by atoms with Crippen molar-refractivity contribution in [2.24, 2.45) is 5.92 Å². The molecule has 2 aromatic carbocycles. The Labute approximate surface area is 157 Å². The van der Waals surface area contributed by atoms with Gasteiger partial charge in [-0.25, -0.2) is 8.78 Å². The number of piperidine rings is 1. The van der Waals surface area contributed by atoms with Crippen LogP contribution in [0.15, 0.2) is 36.4 Å². The fourth-order valence-electron chi connectivity index (χ4n) is 3.64. The molecule has 0 aromatic heterocycles. The molecule has 1 fully saturated rings. The van der Waals surface area contributed by atoms with E-state index in [1.165, 1.54) is 0 Å². The molecule has 27 heavy (non-hydrogen) atoms. The molecule has 3 rings (SSSR count). The van der Waals surface area contributed by atoms with E-state index in [0.29, 0.717) is 31.0 Å². The average molecular weight is 375 g/mol. The van der Waals surface area contributed by atoms with E-state index in [1.807, 2.05) is 18.2 Å². The van der Waals surface area contributed by atoms with Gasteiger partial charge in [0.1, 0.15) is 11.6 Å². The molecule has 0 saturated carbocycles. The van der Waals surface area contributed by atoms with Gasteiger partial charge in [0, 0.05) is 24.6 Å². The van der Waals surface area contributed by atoms with Crippen molar-refractivity contribution in [1.82, 2.24) is 4.90 Å². The van der Waals surface area contributed by atoms with E-state index in [1.54, 1.807) is 14.2 Å². The summed E-state index contributed by atoms with van der Waals surface area (Å²) in [7, 11) is 3.18. The molecule has 0 aliphatic carbocycles. The van der Waals surface area contributed by atoms with Gasteiger partial charge in [-0.15, -0.1) is 0 Å². The lowest BCUT2D eigenvalue weighted by molar-refractivity contribution is 0.0806. The predicted molar refractivity (Wildman–Crippen MR) is 98.2 cm³/mol. The lowest BCUT2D eigenvalue weighted by Crippen LogP contribution is -2.38. The Hall–Kier alpha value is -2.47. The van der Waals surface area contributed by atoms with Gasteiger partial charge in [0.05, 0.1) is 19.8 Å². The van der Waals surface area contributed by atoms with Crippen LogP contribution in [0.5, 0.6) is 11.5 Å². The van der Waals surface area contributed by atoms with E-state index < -0.39 is 11.6 Å². The van der Waals surface area contributed by atoms with Crippen LogP contribution in [0.1, 0.15) is 28.8 Å². The highest BCUT2D eigenvalue weighted by molar-refractivity contribution is 5.98. The number of ether oxygens (including phenoxy) is 2. The third-order valence-corrected chi connectivity index (χ3v) is 4.95. The van der Waals surface area contributed by atoms with Crippen molar-refractivity contribution in [3.63, 3.8) is 0 Å². The van der Waals surface area contributed by atoms with Gasteiger partial charge in [0.25, 0.3) is 0 Å². The van der Waals surface area contributed by atoms with Gasteiger partial charge in [-0.3, -0.25) is 9.69 Å². The zero-order valence-electron chi connectivity index (χ0n) is 15.5. The van der Waals surface area contributed by atoms with Crippen LogP contribution in [0.2, 0.25) is 0 Å². The first-order valence-electron chi connectivity index (χ1n) is 8.95. The number of hydrogen-bond acceptors (Lipinski definition) is 4. The van der Waals surface area contributed by atoms with E-state index in [2.05, 4.69) is 4.90 Å². The van der Waals surface area contributed by atoms with Crippen LogP contribution in [-0.4, -0.2) is 38.0 Å². The highest BCUT2D eigenvalue weighted by Crippen LogP contribution is 2.32. The van der Waals surface area contributed by atoms with E-state index in [4.69, 9.17) is 9.47 Å². The molecule has 1 heterocycles. The van der Waals surface area contributed by atoms with Crippen LogP contribution in [0, 0.1) is 17.6 Å². The Morgan fingerprint density at radius 1 is 1.19 bits per heavy atom. The zero-order chi connectivity index (χ0) is 19.4. The molecule has 2 aromatic rings. The van der Waals surface area contributed by atoms with E-state index in [0.717, 1.165) is 36.7 Å². The maximum atomic E-state index is 14.0. The van der Waals surface area contributed by atoms with E-state index >= 15 is 0 Å². The Kier molecular flexibility index (Phi) is 6.06. The first-order chi connectivity index (χ1) is 13.0. The number of benzene rings is 2. The summed E-state index contributed by atoms with van der Waals surface area (Å²) >= 11 is 0. The molecule has 1 aliphatic heterocycles. The smallest absolute Gasteiger partial charge is 0.170 e. The summed E-state index contributed by atoms with van der Waals surface area (Å²) in [6.07, 6.45) is 1.49. The Morgan fingerprint density at radius 3 is 2.74 bits per heavy atom. The second-order valence-corrected chi connectivity index (χ2v) is 6.72. The van der Waals surface area contributed by atoms with Crippen LogP contribution in [0.25, 0.3) is 0 Å². The SMILES string of the molecule is COc1cccc(CN2CCC[C@H](C(=O)c3cc(F)ccc3F)C2)c1OC. The largest absolute Gasteiger partial charge is 0.493 e. The number of carbonyl (C=O) groups excluding carboxylic acids is 1. The first kappa shape index (κ1) is 19.3. The summed E-state index contributed by atoms with van der Waals surface area (Å²) in [6, 6.07) is 8.70. The van der Waals surface area contributed by atoms with Gasteiger partial charge in [-0.2, -0.15) is 0 Å². The molecule has 0 unspecified atom stereocenters. The average Bonchev–Trinajstić information content (AvgIpc) is 2.69. The number of para-hydroxylation sites is 1. The standard InChI is InChI=1S/C21H23F2NO3/c1-26-19-7-3-5-15(21(19)27-2)13-24-10-4-6-14(12-24)20(25)17-11-16(22)8-9-18(17)23/h3,5,7-9,11,14H,4,6,10,12-13H2,1-2H3/t14-/m0/s1. The fourth-order valence-corrected chi connectivity index (χ4v) is 3.64. The number of Topliss-reactive ketones (excluding diaryl/α,β-unsaturated/α-hetero) is 1. The minimum atomic E-state index is -0.673. The molecule has 1 atom stereocenters. The summed E-state index contributed by atoms with van der Waals surface area (Å²) in [5.41, 5.74) is 0.794. The molecular weight excluding hydrogens is 352 g/mol. The molecule has 0 N–H and O–H groups in total. The monoisotopic (exact) mass is 375 g/mol. The fraction of sp³-hybridized carbons (Fsp3) is 0.381. The number of likely N-dealkylation sites (tertiary alicyclic amines) is 1. The van der Waals surface area contributed by atoms with Crippen molar-refractivity contribution in [3.8, 4) is 11.5 Å². The third kappa shape index (κ3) is 4.27. The molecule has 144 valence electrons. The number of halogens is 2. The summed E-state index contributed by atoms with van der Waals surface area (Å²) in [5, 5.41) is 0. The molecule has 0 radical (unpaired) electrons. The predicted octanol–water partition coefficient (Wildman–Crippen LogP) is 4.08. The third-order valence-electron chi connectivity index (χ3n) is 4.95. The van der Waals surface area contributed by atoms with Crippen molar-refractivity contribution >= 4 is 5.78 Å². The zero-order valence-corrected chi connectivity index (χ0v) is 15.5. The molecular formula is C21H23F2NO3. The number of hydrogen-bond donors (Lipinski definition) is 0. The van der Waals surface area contributed by atoms with Crippen LogP contribution in [-0.2, 0) is 6.54 Å². The van der Waals surface area contributed by atoms with Crippen molar-refractivity contribution in [3.05, 3.63) is 59.2 Å². The molecule has 0 amide bonds. The van der Waals surface area contributed by atoms with Crippen molar-refractivity contribution in [2.45, 2.75) is 19.4 Å². The molecule has 0 spiro atoms. The van der Waals surface area contributed by atoms with Crippen molar-refractivity contribution in [1.29, 1.82) is 0 Å². The van der Waals surface area contributed by atoms with Crippen molar-refractivity contribution in [2.75, 3.05) is 27.3 Å². The maximum absolute atomic E-state index is 14.0. The summed E-state index contributed by atoms with van der Waals surface area (Å²) in [5.74, 6) is -0.645. The van der Waals surface area contributed by atoms with Crippen LogP contribution >= 0.6 is 0 Å².